The number of carbonyl (C=O) groups is 1. The van der Waals surface area contributed by atoms with Crippen LogP contribution >= 0.6 is 46.3 Å². The summed E-state index contributed by atoms with van der Waals surface area (Å²) in [7, 11) is 0. The van der Waals surface area contributed by atoms with Crippen molar-refractivity contribution in [3.8, 4) is 0 Å². The predicted molar refractivity (Wildman–Crippen MR) is 99.9 cm³/mol. The van der Waals surface area contributed by atoms with Crippen LogP contribution < -0.4 is 10.6 Å². The van der Waals surface area contributed by atoms with E-state index in [-0.39, 0.29) is 6.03 Å². The highest BCUT2D eigenvalue weighted by atomic mass is 35.5. The number of amides is 2. The fourth-order valence-corrected chi connectivity index (χ4v) is 4.69. The standard InChI is InChI=1S/C16H16Cl2N2OS2/c17-16(18)7-12(16)10-23-14-4-2-1-3-13(14)20-15(21)19-8-11-5-6-22-9-11/h1-6,9,12H,7-8,10H2,(H2,19,20,21). The largest absolute Gasteiger partial charge is 0.334 e. The molecule has 1 fully saturated rings. The van der Waals surface area contributed by atoms with Crippen molar-refractivity contribution in [3.63, 3.8) is 0 Å². The van der Waals surface area contributed by atoms with Gasteiger partial charge >= 0.3 is 6.03 Å². The summed E-state index contributed by atoms with van der Waals surface area (Å²) >= 11 is 15.4. The maximum Gasteiger partial charge on any atom is 0.319 e. The summed E-state index contributed by atoms with van der Waals surface area (Å²) in [5.41, 5.74) is 1.90. The van der Waals surface area contributed by atoms with E-state index in [0.29, 0.717) is 12.5 Å². The number of thioether (sulfide) groups is 1. The van der Waals surface area contributed by atoms with Gasteiger partial charge in [0.05, 0.1) is 5.69 Å². The minimum atomic E-state index is -0.562. The highest BCUT2D eigenvalue weighted by Gasteiger charge is 2.51. The van der Waals surface area contributed by atoms with Crippen LogP contribution in [0.4, 0.5) is 10.5 Å². The van der Waals surface area contributed by atoms with Crippen LogP contribution in [-0.4, -0.2) is 16.1 Å². The van der Waals surface area contributed by atoms with Crippen molar-refractivity contribution in [1.82, 2.24) is 5.32 Å². The van der Waals surface area contributed by atoms with E-state index in [9.17, 15) is 4.79 Å². The summed E-state index contributed by atoms with van der Waals surface area (Å²) in [6.07, 6.45) is 0.833. The molecule has 1 aliphatic carbocycles. The lowest BCUT2D eigenvalue weighted by Gasteiger charge is -2.11. The first-order valence-corrected chi connectivity index (χ1v) is 9.88. The fourth-order valence-electron chi connectivity index (χ4n) is 2.08. The molecule has 3 rings (SSSR count). The number of thiophene rings is 1. The molecule has 2 N–H and O–H groups in total. The van der Waals surface area contributed by atoms with Crippen molar-refractivity contribution in [3.05, 3.63) is 46.7 Å². The molecule has 1 heterocycles. The Kier molecular flexibility index (Phi) is 5.42. The summed E-state index contributed by atoms with van der Waals surface area (Å²) in [5, 5.41) is 9.77. The van der Waals surface area contributed by atoms with Crippen molar-refractivity contribution in [2.24, 2.45) is 5.92 Å². The Bertz CT molecular complexity index is 676. The minimum absolute atomic E-state index is 0.209. The molecule has 1 aromatic carbocycles. The van der Waals surface area contributed by atoms with Gasteiger partial charge in [0.25, 0.3) is 0 Å². The highest BCUT2D eigenvalue weighted by Crippen LogP contribution is 2.55. The zero-order valence-electron chi connectivity index (χ0n) is 12.2. The Morgan fingerprint density at radius 1 is 1.35 bits per heavy atom. The summed E-state index contributed by atoms with van der Waals surface area (Å²) < 4.78 is -0.562. The maximum atomic E-state index is 12.0. The highest BCUT2D eigenvalue weighted by molar-refractivity contribution is 7.99. The smallest absolute Gasteiger partial charge is 0.319 e. The lowest BCUT2D eigenvalue weighted by atomic mass is 10.3. The molecule has 0 spiro atoms. The monoisotopic (exact) mass is 386 g/mol. The molecule has 2 aromatic rings. The van der Waals surface area contributed by atoms with E-state index in [4.69, 9.17) is 23.2 Å². The number of halogens is 2. The number of benzene rings is 1. The lowest BCUT2D eigenvalue weighted by molar-refractivity contribution is 0.251. The van der Waals surface area contributed by atoms with Crippen molar-refractivity contribution in [2.45, 2.75) is 22.2 Å². The number of anilines is 1. The van der Waals surface area contributed by atoms with Gasteiger partial charge in [0, 0.05) is 23.1 Å². The first-order valence-electron chi connectivity index (χ1n) is 7.20. The topological polar surface area (TPSA) is 41.1 Å². The Morgan fingerprint density at radius 2 is 2.13 bits per heavy atom. The summed E-state index contributed by atoms with van der Waals surface area (Å²) in [5.74, 6) is 1.17. The van der Waals surface area contributed by atoms with Crippen LogP contribution in [0.25, 0.3) is 0 Å². The van der Waals surface area contributed by atoms with Gasteiger partial charge in [0.2, 0.25) is 0 Å². The molecule has 3 nitrogen and oxygen atoms in total. The molecular weight excluding hydrogens is 371 g/mol. The van der Waals surface area contributed by atoms with Gasteiger partial charge in [-0.3, -0.25) is 0 Å². The van der Waals surface area contributed by atoms with Crippen LogP contribution in [0.5, 0.6) is 0 Å². The van der Waals surface area contributed by atoms with E-state index >= 15 is 0 Å². The van der Waals surface area contributed by atoms with Crippen LogP contribution in [0, 0.1) is 5.92 Å². The Balaban J connectivity index is 1.53. The van der Waals surface area contributed by atoms with Crippen molar-refractivity contribution in [2.75, 3.05) is 11.1 Å². The SMILES string of the molecule is O=C(NCc1ccsc1)Nc1ccccc1SCC1CC1(Cl)Cl. The van der Waals surface area contributed by atoms with Gasteiger partial charge in [-0.1, -0.05) is 12.1 Å². The third kappa shape index (κ3) is 4.80. The number of alkyl halides is 2. The molecule has 122 valence electrons. The third-order valence-electron chi connectivity index (χ3n) is 3.56. The van der Waals surface area contributed by atoms with Crippen LogP contribution in [0.3, 0.4) is 0 Å². The average molecular weight is 387 g/mol. The van der Waals surface area contributed by atoms with E-state index in [1.54, 1.807) is 23.1 Å². The zero-order chi connectivity index (χ0) is 16.3. The van der Waals surface area contributed by atoms with E-state index in [0.717, 1.165) is 28.3 Å². The number of urea groups is 1. The Hall–Kier alpha value is -0.880. The molecule has 1 saturated carbocycles. The molecule has 2 amide bonds. The van der Waals surface area contributed by atoms with Gasteiger partial charge in [-0.15, -0.1) is 35.0 Å². The van der Waals surface area contributed by atoms with Crippen LogP contribution in [0.1, 0.15) is 12.0 Å². The molecule has 1 atom stereocenters. The number of hydrogen-bond donors (Lipinski definition) is 2. The molecule has 1 aromatic heterocycles. The molecule has 0 saturated heterocycles. The third-order valence-corrected chi connectivity index (χ3v) is 6.46. The Labute approximate surface area is 153 Å². The molecule has 0 bridgehead atoms. The molecular formula is C16H16Cl2N2OS2. The fraction of sp³-hybridized carbons (Fsp3) is 0.312. The van der Waals surface area contributed by atoms with Gasteiger partial charge in [0.1, 0.15) is 4.33 Å². The molecule has 1 aliphatic rings. The second-order valence-electron chi connectivity index (χ2n) is 5.41. The van der Waals surface area contributed by atoms with E-state index < -0.39 is 4.33 Å². The maximum absolute atomic E-state index is 12.0. The zero-order valence-corrected chi connectivity index (χ0v) is 15.4. The van der Waals surface area contributed by atoms with E-state index in [1.165, 1.54) is 0 Å². The second kappa shape index (κ2) is 7.34. The molecule has 0 radical (unpaired) electrons. The number of para-hydroxylation sites is 1. The molecule has 7 heteroatoms. The quantitative estimate of drug-likeness (QED) is 0.518. The molecule has 1 unspecified atom stereocenters. The first kappa shape index (κ1) is 17.0. The molecule has 0 aliphatic heterocycles. The Morgan fingerprint density at radius 3 is 2.83 bits per heavy atom. The van der Waals surface area contributed by atoms with Crippen LogP contribution in [-0.2, 0) is 6.54 Å². The van der Waals surface area contributed by atoms with Gasteiger partial charge in [0.15, 0.2) is 0 Å². The van der Waals surface area contributed by atoms with Crippen molar-refractivity contribution in [1.29, 1.82) is 0 Å². The van der Waals surface area contributed by atoms with Gasteiger partial charge in [-0.25, -0.2) is 4.79 Å². The minimum Gasteiger partial charge on any atom is -0.334 e. The van der Waals surface area contributed by atoms with Crippen LogP contribution in [0.15, 0.2) is 46.0 Å². The van der Waals surface area contributed by atoms with Gasteiger partial charge < -0.3 is 10.6 Å². The second-order valence-corrected chi connectivity index (χ2v) is 8.79. The van der Waals surface area contributed by atoms with Crippen molar-refractivity contribution < 1.29 is 4.79 Å². The average Bonchev–Trinajstić information content (AvgIpc) is 2.90. The van der Waals surface area contributed by atoms with E-state index in [1.807, 2.05) is 41.1 Å². The number of rotatable bonds is 6. The summed E-state index contributed by atoms with van der Waals surface area (Å²) in [6.45, 7) is 0.522. The van der Waals surface area contributed by atoms with Crippen LogP contribution in [0.2, 0.25) is 0 Å². The summed E-state index contributed by atoms with van der Waals surface area (Å²) in [4.78, 5) is 13.1. The predicted octanol–water partition coefficient (Wildman–Crippen LogP) is 5.36. The number of hydrogen-bond acceptors (Lipinski definition) is 3. The number of nitrogens with one attached hydrogen (secondary N) is 2. The number of carbonyl (C=O) groups excluding carboxylic acids is 1. The molecule has 23 heavy (non-hydrogen) atoms. The normalized spacial score (nSPS) is 18.4. The van der Waals surface area contributed by atoms with E-state index in [2.05, 4.69) is 10.6 Å². The summed E-state index contributed by atoms with van der Waals surface area (Å²) in [6, 6.07) is 9.54. The first-order chi connectivity index (χ1) is 11.0. The van der Waals surface area contributed by atoms with Gasteiger partial charge in [-0.2, -0.15) is 11.3 Å². The lowest BCUT2D eigenvalue weighted by Crippen LogP contribution is -2.28. The van der Waals surface area contributed by atoms with Crippen molar-refractivity contribution >= 4 is 58.0 Å². The van der Waals surface area contributed by atoms with Gasteiger partial charge in [-0.05, 0) is 40.9 Å².